The number of aliphatic hydroxyl groups is 1. The van der Waals surface area contributed by atoms with Crippen LogP contribution in [0.2, 0.25) is 0 Å². The molecule has 3 aromatic carbocycles. The summed E-state index contributed by atoms with van der Waals surface area (Å²) in [4.78, 5) is 17.2. The number of nitrogen functional groups attached to an aromatic ring is 1. The van der Waals surface area contributed by atoms with Crippen LogP contribution in [0, 0.1) is 0 Å². The second-order valence-corrected chi connectivity index (χ2v) is 7.28. The number of hydrogen-bond acceptors (Lipinski definition) is 6. The first-order valence-electron chi connectivity index (χ1n) is 9.92. The van der Waals surface area contributed by atoms with Gasteiger partial charge in [-0.3, -0.25) is 9.79 Å². The Hall–Kier alpha value is -3.68. The van der Waals surface area contributed by atoms with Crippen LogP contribution in [-0.2, 0) is 4.74 Å². The molecule has 4 rings (SSSR count). The largest absolute Gasteiger partial charge is 0.397 e. The maximum absolute atomic E-state index is 12.5. The summed E-state index contributed by atoms with van der Waals surface area (Å²) in [7, 11) is 1.60. The van der Waals surface area contributed by atoms with Gasteiger partial charge in [0.15, 0.2) is 0 Å². The van der Waals surface area contributed by atoms with Crippen LogP contribution >= 0.6 is 0 Å². The molecule has 5 N–H and O–H groups in total. The van der Waals surface area contributed by atoms with Gasteiger partial charge in [-0.15, -0.1) is 0 Å². The predicted molar refractivity (Wildman–Crippen MR) is 123 cm³/mol. The summed E-state index contributed by atoms with van der Waals surface area (Å²) in [6.45, 7) is 0.271. The molecule has 0 bridgehead atoms. The number of hydrogen-bond donors (Lipinski definition) is 4. The quantitative estimate of drug-likeness (QED) is 0.361. The van der Waals surface area contributed by atoms with Crippen molar-refractivity contribution in [3.8, 4) is 0 Å². The zero-order valence-corrected chi connectivity index (χ0v) is 17.1. The highest BCUT2D eigenvalue weighted by Gasteiger charge is 2.34. The first-order valence-corrected chi connectivity index (χ1v) is 9.92. The number of carbonyl (C=O) groups excluding carboxylic acids is 1. The molecule has 1 aliphatic rings. The van der Waals surface area contributed by atoms with E-state index in [0.29, 0.717) is 28.3 Å². The smallest absolute Gasteiger partial charge is 0.255 e. The van der Waals surface area contributed by atoms with Crippen LogP contribution < -0.4 is 16.4 Å². The van der Waals surface area contributed by atoms with Crippen molar-refractivity contribution in [1.82, 2.24) is 0 Å². The summed E-state index contributed by atoms with van der Waals surface area (Å²) in [6, 6.07) is 21.8. The molecule has 1 heterocycles. The molecule has 1 aliphatic heterocycles. The lowest BCUT2D eigenvalue weighted by atomic mass is 9.95. The van der Waals surface area contributed by atoms with Gasteiger partial charge < -0.3 is 26.2 Å². The van der Waals surface area contributed by atoms with E-state index in [1.807, 2.05) is 36.4 Å². The Kier molecular flexibility index (Phi) is 5.97. The monoisotopic (exact) mass is 416 g/mol. The first kappa shape index (κ1) is 20.6. The van der Waals surface area contributed by atoms with E-state index in [-0.39, 0.29) is 18.4 Å². The number of amides is 1. The number of nitrogens with one attached hydrogen (secondary N) is 2. The van der Waals surface area contributed by atoms with Gasteiger partial charge in [0.2, 0.25) is 0 Å². The van der Waals surface area contributed by atoms with Crippen molar-refractivity contribution >= 4 is 34.4 Å². The van der Waals surface area contributed by atoms with Crippen LogP contribution in [0.15, 0.2) is 77.8 Å². The molecule has 0 fully saturated rings. The normalized spacial score (nSPS) is 17.7. The Morgan fingerprint density at radius 1 is 1.10 bits per heavy atom. The van der Waals surface area contributed by atoms with Gasteiger partial charge in [-0.05, 0) is 48.0 Å². The number of methoxy groups -OCH3 is 1. The maximum atomic E-state index is 12.5. The number of aliphatic imine (C=N–C) groups is 1. The van der Waals surface area contributed by atoms with Crippen LogP contribution in [0.3, 0.4) is 0 Å². The molecule has 31 heavy (non-hydrogen) atoms. The van der Waals surface area contributed by atoms with Crippen molar-refractivity contribution in [2.24, 2.45) is 4.99 Å². The maximum Gasteiger partial charge on any atom is 0.255 e. The van der Waals surface area contributed by atoms with Crippen LogP contribution in [0.5, 0.6) is 0 Å². The zero-order chi connectivity index (χ0) is 21.8. The highest BCUT2D eigenvalue weighted by Crippen LogP contribution is 2.36. The lowest BCUT2D eigenvalue weighted by Crippen LogP contribution is -2.28. The molecule has 3 aromatic rings. The molecule has 7 heteroatoms. The molecular formula is C24H24N4O3. The lowest BCUT2D eigenvalue weighted by Gasteiger charge is -2.18. The molecule has 2 atom stereocenters. The highest BCUT2D eigenvalue weighted by molar-refractivity contribution is 6.06. The summed E-state index contributed by atoms with van der Waals surface area (Å²) in [6.07, 6.45) is -0.785. The second kappa shape index (κ2) is 8.99. The third-order valence-electron chi connectivity index (χ3n) is 5.18. The third-order valence-corrected chi connectivity index (χ3v) is 5.18. The highest BCUT2D eigenvalue weighted by atomic mass is 16.5. The van der Waals surface area contributed by atoms with Crippen LogP contribution in [0.4, 0.5) is 22.7 Å². The SMILES string of the molecule is COCC(=Nc1ccc(C(=O)Nc2ccccc2N)cc1)C1c2ccccc2NC1O. The second-order valence-electron chi connectivity index (χ2n) is 7.28. The summed E-state index contributed by atoms with van der Waals surface area (Å²) < 4.78 is 5.35. The Morgan fingerprint density at radius 3 is 2.55 bits per heavy atom. The van der Waals surface area contributed by atoms with E-state index in [1.165, 1.54) is 0 Å². The van der Waals surface area contributed by atoms with Crippen molar-refractivity contribution < 1.29 is 14.6 Å². The van der Waals surface area contributed by atoms with E-state index in [0.717, 1.165) is 11.3 Å². The number of benzene rings is 3. The van der Waals surface area contributed by atoms with Gasteiger partial charge in [-0.2, -0.15) is 0 Å². The molecule has 1 amide bonds. The fourth-order valence-corrected chi connectivity index (χ4v) is 3.67. The molecule has 7 nitrogen and oxygen atoms in total. The van der Waals surface area contributed by atoms with E-state index < -0.39 is 6.23 Å². The van der Waals surface area contributed by atoms with Gasteiger partial charge in [0.1, 0.15) is 6.23 Å². The Labute approximate surface area is 180 Å². The Morgan fingerprint density at radius 2 is 1.81 bits per heavy atom. The molecule has 158 valence electrons. The molecule has 0 saturated heterocycles. The summed E-state index contributed by atoms with van der Waals surface area (Å²) in [5.74, 6) is -0.574. The molecule has 0 aliphatic carbocycles. The van der Waals surface area contributed by atoms with E-state index >= 15 is 0 Å². The zero-order valence-electron chi connectivity index (χ0n) is 17.1. The molecule has 0 spiro atoms. The molecular weight excluding hydrogens is 392 g/mol. The van der Waals surface area contributed by atoms with Gasteiger partial charge >= 0.3 is 0 Å². The fourth-order valence-electron chi connectivity index (χ4n) is 3.67. The van der Waals surface area contributed by atoms with Crippen molar-refractivity contribution in [3.05, 3.63) is 83.9 Å². The number of ether oxygens (including phenoxy) is 1. The van der Waals surface area contributed by atoms with Gasteiger partial charge in [0.25, 0.3) is 5.91 Å². The van der Waals surface area contributed by atoms with Crippen molar-refractivity contribution in [2.75, 3.05) is 30.1 Å². The van der Waals surface area contributed by atoms with Gasteiger partial charge in [0.05, 0.1) is 35.3 Å². The average Bonchev–Trinajstić information content (AvgIpc) is 3.11. The van der Waals surface area contributed by atoms with Gasteiger partial charge in [-0.25, -0.2) is 0 Å². The van der Waals surface area contributed by atoms with Crippen molar-refractivity contribution in [1.29, 1.82) is 0 Å². The minimum Gasteiger partial charge on any atom is -0.397 e. The summed E-state index contributed by atoms with van der Waals surface area (Å²) >= 11 is 0. The number of aliphatic hydroxyl groups excluding tert-OH is 1. The Bertz CT molecular complexity index is 1110. The number of carbonyl (C=O) groups is 1. The fraction of sp³-hybridized carbons (Fsp3) is 0.167. The van der Waals surface area contributed by atoms with E-state index in [9.17, 15) is 9.90 Å². The number of para-hydroxylation sites is 3. The van der Waals surface area contributed by atoms with E-state index in [2.05, 4.69) is 10.6 Å². The number of nitrogens with two attached hydrogens (primary N) is 1. The van der Waals surface area contributed by atoms with Crippen molar-refractivity contribution in [2.45, 2.75) is 12.1 Å². The number of anilines is 3. The predicted octanol–water partition coefficient (Wildman–Crippen LogP) is 3.77. The number of fused-ring (bicyclic) bond motifs is 1. The first-order chi connectivity index (χ1) is 15.1. The molecule has 2 unspecified atom stereocenters. The summed E-state index contributed by atoms with van der Waals surface area (Å²) in [5, 5.41) is 16.4. The van der Waals surface area contributed by atoms with Gasteiger partial charge in [-0.1, -0.05) is 30.3 Å². The van der Waals surface area contributed by atoms with Crippen LogP contribution in [0.1, 0.15) is 21.8 Å². The number of rotatable bonds is 6. The Balaban J connectivity index is 1.56. The summed E-state index contributed by atoms with van der Waals surface area (Å²) in [5.41, 5.74) is 10.7. The van der Waals surface area contributed by atoms with E-state index in [1.54, 1.807) is 43.5 Å². The molecule has 0 radical (unpaired) electrons. The molecule has 0 aromatic heterocycles. The standard InChI is InChI=1S/C24H24N4O3/c1-31-14-21(22-17-6-2-4-8-19(17)27-24(22)30)26-16-12-10-15(11-13-16)23(29)28-20-9-5-3-7-18(20)25/h2-13,22,24,27,30H,14,25H2,1H3,(H,28,29). The topological polar surface area (TPSA) is 109 Å². The lowest BCUT2D eigenvalue weighted by molar-refractivity contribution is 0.102. The van der Waals surface area contributed by atoms with Crippen LogP contribution in [0.25, 0.3) is 0 Å². The average molecular weight is 416 g/mol. The van der Waals surface area contributed by atoms with E-state index in [4.69, 9.17) is 15.5 Å². The third kappa shape index (κ3) is 4.42. The minimum atomic E-state index is -0.785. The van der Waals surface area contributed by atoms with Crippen LogP contribution in [-0.4, -0.2) is 36.7 Å². The van der Waals surface area contributed by atoms with Crippen molar-refractivity contribution in [3.63, 3.8) is 0 Å². The minimum absolute atomic E-state index is 0.255. The molecule has 0 saturated carbocycles. The number of nitrogens with zero attached hydrogens (tertiary/aromatic N) is 1. The van der Waals surface area contributed by atoms with Gasteiger partial charge in [0, 0.05) is 18.4 Å².